The molecule has 1 aliphatic rings. The molecule has 1 atom stereocenters. The van der Waals surface area contributed by atoms with Crippen molar-refractivity contribution in [2.45, 2.75) is 44.8 Å². The first-order chi connectivity index (χ1) is 9.22. The Bertz CT molecular complexity index is 393. The normalized spacial score (nSPS) is 16.4. The summed E-state index contributed by atoms with van der Waals surface area (Å²) in [5.41, 5.74) is 2.63. The zero-order valence-corrected chi connectivity index (χ0v) is 13.0. The van der Waals surface area contributed by atoms with Crippen LogP contribution in [0, 0.1) is 0 Å². The number of aromatic nitrogens is 1. The van der Waals surface area contributed by atoms with Crippen molar-refractivity contribution in [3.05, 3.63) is 24.0 Å². The largest absolute Gasteiger partial charge is 0.372 e. The average molecular weight is 279 g/mol. The number of pyridine rings is 1. The lowest BCUT2D eigenvalue weighted by atomic mass is 10.1. The fourth-order valence-corrected chi connectivity index (χ4v) is 2.74. The van der Waals surface area contributed by atoms with Crippen LogP contribution in [0.2, 0.25) is 0 Å². The Morgan fingerprint density at radius 3 is 3.00 bits per heavy atom. The van der Waals surface area contributed by atoms with Crippen molar-refractivity contribution >= 4 is 17.4 Å². The molecule has 0 saturated heterocycles. The van der Waals surface area contributed by atoms with Crippen LogP contribution >= 0.6 is 11.8 Å². The highest BCUT2D eigenvalue weighted by molar-refractivity contribution is 7.98. The minimum atomic E-state index is 0.564. The summed E-state index contributed by atoms with van der Waals surface area (Å²) in [5.74, 6) is 1.21. The van der Waals surface area contributed by atoms with Gasteiger partial charge in [-0.1, -0.05) is 0 Å². The Kier molecular flexibility index (Phi) is 5.52. The van der Waals surface area contributed by atoms with Gasteiger partial charge in [-0.2, -0.15) is 11.8 Å². The van der Waals surface area contributed by atoms with Gasteiger partial charge in [-0.25, -0.2) is 0 Å². The summed E-state index contributed by atoms with van der Waals surface area (Å²) in [6, 6.07) is 3.45. The molecule has 0 spiro atoms. The molecule has 3 nitrogen and oxygen atoms in total. The van der Waals surface area contributed by atoms with E-state index in [9.17, 15) is 0 Å². The number of anilines is 1. The molecule has 0 amide bonds. The van der Waals surface area contributed by atoms with Crippen LogP contribution in [0.15, 0.2) is 18.5 Å². The summed E-state index contributed by atoms with van der Waals surface area (Å²) < 4.78 is 0. The molecule has 1 N–H and O–H groups in total. The van der Waals surface area contributed by atoms with E-state index in [-0.39, 0.29) is 0 Å². The number of nitrogens with zero attached hydrogens (tertiary/aromatic N) is 2. The maximum Gasteiger partial charge on any atom is 0.0442 e. The number of rotatable bonds is 8. The van der Waals surface area contributed by atoms with E-state index in [1.54, 1.807) is 0 Å². The first-order valence-corrected chi connectivity index (χ1v) is 8.49. The molecule has 2 rings (SSSR count). The van der Waals surface area contributed by atoms with Crippen molar-refractivity contribution < 1.29 is 0 Å². The van der Waals surface area contributed by atoms with Gasteiger partial charge in [-0.15, -0.1) is 0 Å². The fraction of sp³-hybridized carbons (Fsp3) is 0.667. The molecular weight excluding hydrogens is 254 g/mol. The van der Waals surface area contributed by atoms with E-state index in [2.05, 4.69) is 41.5 Å². The quantitative estimate of drug-likeness (QED) is 0.792. The summed E-state index contributed by atoms with van der Waals surface area (Å²) in [6.45, 7) is 3.24. The number of hydrogen-bond acceptors (Lipinski definition) is 4. The van der Waals surface area contributed by atoms with Gasteiger partial charge >= 0.3 is 0 Å². The van der Waals surface area contributed by atoms with Gasteiger partial charge in [0.05, 0.1) is 0 Å². The molecular formula is C15H25N3S. The molecule has 1 unspecified atom stereocenters. The second kappa shape index (κ2) is 7.15. The van der Waals surface area contributed by atoms with Crippen molar-refractivity contribution in [1.29, 1.82) is 0 Å². The summed E-state index contributed by atoms with van der Waals surface area (Å²) >= 11 is 1.92. The van der Waals surface area contributed by atoms with E-state index in [1.165, 1.54) is 36.3 Å². The number of hydrogen-bond donors (Lipinski definition) is 1. The van der Waals surface area contributed by atoms with Gasteiger partial charge in [-0.3, -0.25) is 4.98 Å². The van der Waals surface area contributed by atoms with Crippen LogP contribution < -0.4 is 10.2 Å². The van der Waals surface area contributed by atoms with Crippen LogP contribution in [0.3, 0.4) is 0 Å². The second-order valence-electron chi connectivity index (χ2n) is 5.40. The Hall–Kier alpha value is -0.740. The minimum absolute atomic E-state index is 0.564. The molecule has 0 aromatic carbocycles. The SMILES string of the molecule is CSCCC(C)N(C)c1ccncc1CNC1CC1. The van der Waals surface area contributed by atoms with E-state index in [1.807, 2.05) is 24.2 Å². The van der Waals surface area contributed by atoms with E-state index in [0.29, 0.717) is 6.04 Å². The van der Waals surface area contributed by atoms with Gasteiger partial charge in [0.2, 0.25) is 0 Å². The maximum atomic E-state index is 4.28. The third kappa shape index (κ3) is 4.39. The van der Waals surface area contributed by atoms with E-state index < -0.39 is 0 Å². The standard InChI is InChI=1S/C15H25N3S/c1-12(7-9-19-3)18(2)15-6-8-16-10-13(15)11-17-14-4-5-14/h6,8,10,12,14,17H,4-5,7,9,11H2,1-3H3. The molecule has 0 bridgehead atoms. The van der Waals surface area contributed by atoms with Crippen LogP contribution in [0.4, 0.5) is 5.69 Å². The maximum absolute atomic E-state index is 4.28. The monoisotopic (exact) mass is 279 g/mol. The smallest absolute Gasteiger partial charge is 0.0442 e. The minimum Gasteiger partial charge on any atom is -0.372 e. The lowest BCUT2D eigenvalue weighted by Gasteiger charge is -2.29. The molecule has 1 aromatic rings. The summed E-state index contributed by atoms with van der Waals surface area (Å²) in [7, 11) is 2.20. The Balaban J connectivity index is 1.99. The van der Waals surface area contributed by atoms with E-state index in [0.717, 1.165) is 12.6 Å². The molecule has 1 fully saturated rings. The number of nitrogens with one attached hydrogen (secondary N) is 1. The van der Waals surface area contributed by atoms with E-state index in [4.69, 9.17) is 0 Å². The molecule has 1 aromatic heterocycles. The zero-order valence-electron chi connectivity index (χ0n) is 12.2. The molecule has 1 aliphatic carbocycles. The highest BCUT2D eigenvalue weighted by Crippen LogP contribution is 2.24. The summed E-state index contributed by atoms with van der Waals surface area (Å²) in [5, 5.41) is 3.58. The Morgan fingerprint density at radius 2 is 2.32 bits per heavy atom. The average Bonchev–Trinajstić information content (AvgIpc) is 3.26. The van der Waals surface area contributed by atoms with Crippen LogP contribution in [0.25, 0.3) is 0 Å². The van der Waals surface area contributed by atoms with Crippen molar-refractivity contribution in [1.82, 2.24) is 10.3 Å². The van der Waals surface area contributed by atoms with Gasteiger partial charge in [0.25, 0.3) is 0 Å². The fourth-order valence-electron chi connectivity index (χ4n) is 2.16. The van der Waals surface area contributed by atoms with Crippen LogP contribution in [-0.2, 0) is 6.54 Å². The molecule has 1 heterocycles. The van der Waals surface area contributed by atoms with E-state index >= 15 is 0 Å². The van der Waals surface area contributed by atoms with Crippen LogP contribution in [0.5, 0.6) is 0 Å². The lowest BCUT2D eigenvalue weighted by Crippen LogP contribution is -2.31. The lowest BCUT2D eigenvalue weighted by molar-refractivity contribution is 0.651. The van der Waals surface area contributed by atoms with Gasteiger partial charge in [0.1, 0.15) is 0 Å². The molecule has 106 valence electrons. The Labute approximate surface area is 121 Å². The van der Waals surface area contributed by atoms with Crippen LogP contribution in [-0.4, -0.2) is 36.1 Å². The molecule has 0 radical (unpaired) electrons. The van der Waals surface area contributed by atoms with Gasteiger partial charge in [0.15, 0.2) is 0 Å². The van der Waals surface area contributed by atoms with Gasteiger partial charge in [-0.05, 0) is 44.3 Å². The second-order valence-corrected chi connectivity index (χ2v) is 6.39. The topological polar surface area (TPSA) is 28.2 Å². The third-order valence-electron chi connectivity index (χ3n) is 3.82. The predicted octanol–water partition coefficient (Wildman–Crippen LogP) is 2.91. The molecule has 0 aliphatic heterocycles. The van der Waals surface area contributed by atoms with Gasteiger partial charge < -0.3 is 10.2 Å². The summed E-state index contributed by atoms with van der Waals surface area (Å²) in [6.07, 6.45) is 9.95. The molecule has 1 saturated carbocycles. The highest BCUT2D eigenvalue weighted by atomic mass is 32.2. The Morgan fingerprint density at radius 1 is 1.53 bits per heavy atom. The number of thioether (sulfide) groups is 1. The van der Waals surface area contributed by atoms with Crippen LogP contribution in [0.1, 0.15) is 31.7 Å². The molecule has 4 heteroatoms. The van der Waals surface area contributed by atoms with Crippen molar-refractivity contribution in [3.8, 4) is 0 Å². The molecule has 19 heavy (non-hydrogen) atoms. The zero-order chi connectivity index (χ0) is 13.7. The van der Waals surface area contributed by atoms with Gasteiger partial charge in [0, 0.05) is 49.3 Å². The van der Waals surface area contributed by atoms with Crippen molar-refractivity contribution in [2.75, 3.05) is 24.0 Å². The third-order valence-corrected chi connectivity index (χ3v) is 4.46. The highest BCUT2D eigenvalue weighted by Gasteiger charge is 2.21. The first-order valence-electron chi connectivity index (χ1n) is 7.10. The van der Waals surface area contributed by atoms with Crippen molar-refractivity contribution in [2.24, 2.45) is 0 Å². The first kappa shape index (κ1) is 14.7. The predicted molar refractivity (Wildman–Crippen MR) is 85.0 cm³/mol. The summed E-state index contributed by atoms with van der Waals surface area (Å²) in [4.78, 5) is 6.67. The van der Waals surface area contributed by atoms with Crippen molar-refractivity contribution in [3.63, 3.8) is 0 Å².